The van der Waals surface area contributed by atoms with Crippen molar-refractivity contribution in [3.63, 3.8) is 0 Å². The first kappa shape index (κ1) is 21.8. The van der Waals surface area contributed by atoms with Crippen LogP contribution < -0.4 is 5.32 Å². The van der Waals surface area contributed by atoms with Crippen molar-refractivity contribution in [3.8, 4) is 0 Å². The standard InChI is InChI=1S/C21H40N4O3/c1-2-22-21(23-9-5-10-24-13-16-26-17-14-24)25-11-7-19(8-12-25)28-18-20-6-3-4-15-27-20/h19-20H,2-18H2,1H3,(H,22,23). The fraction of sp³-hybridized carbons (Fsp3) is 0.952. The number of rotatable bonds is 8. The molecular weight excluding hydrogens is 356 g/mol. The van der Waals surface area contributed by atoms with Crippen LogP contribution in [0.4, 0.5) is 0 Å². The lowest BCUT2D eigenvalue weighted by atomic mass is 10.1. The smallest absolute Gasteiger partial charge is 0.193 e. The van der Waals surface area contributed by atoms with Crippen LogP contribution in [0.5, 0.6) is 0 Å². The molecule has 1 N–H and O–H groups in total. The third kappa shape index (κ3) is 7.50. The van der Waals surface area contributed by atoms with E-state index in [0.29, 0.717) is 12.2 Å². The van der Waals surface area contributed by atoms with Gasteiger partial charge in [-0.25, -0.2) is 0 Å². The highest BCUT2D eigenvalue weighted by Crippen LogP contribution is 2.18. The summed E-state index contributed by atoms with van der Waals surface area (Å²) in [6, 6.07) is 0. The monoisotopic (exact) mass is 396 g/mol. The highest BCUT2D eigenvalue weighted by atomic mass is 16.5. The summed E-state index contributed by atoms with van der Waals surface area (Å²) >= 11 is 0. The Morgan fingerprint density at radius 1 is 1.07 bits per heavy atom. The molecular formula is C21H40N4O3. The second-order valence-corrected chi connectivity index (χ2v) is 8.05. The fourth-order valence-corrected chi connectivity index (χ4v) is 4.15. The molecule has 0 bridgehead atoms. The Balaban J connectivity index is 1.34. The van der Waals surface area contributed by atoms with Crippen LogP contribution in [0.1, 0.15) is 45.4 Å². The van der Waals surface area contributed by atoms with Crippen molar-refractivity contribution in [1.29, 1.82) is 0 Å². The number of morpholine rings is 1. The molecule has 3 rings (SSSR count). The number of ether oxygens (including phenoxy) is 3. The van der Waals surface area contributed by atoms with Crippen molar-refractivity contribution in [2.45, 2.75) is 57.7 Å². The molecule has 162 valence electrons. The van der Waals surface area contributed by atoms with E-state index in [1.807, 2.05) is 0 Å². The van der Waals surface area contributed by atoms with Gasteiger partial charge in [-0.15, -0.1) is 0 Å². The van der Waals surface area contributed by atoms with Crippen LogP contribution in [0.2, 0.25) is 0 Å². The van der Waals surface area contributed by atoms with Crippen molar-refractivity contribution in [1.82, 2.24) is 15.1 Å². The third-order valence-corrected chi connectivity index (χ3v) is 5.87. The summed E-state index contributed by atoms with van der Waals surface area (Å²) in [4.78, 5) is 9.75. The first-order valence-corrected chi connectivity index (χ1v) is 11.4. The van der Waals surface area contributed by atoms with Gasteiger partial charge in [-0.1, -0.05) is 0 Å². The third-order valence-electron chi connectivity index (χ3n) is 5.87. The molecule has 0 aromatic carbocycles. The molecule has 0 saturated carbocycles. The summed E-state index contributed by atoms with van der Waals surface area (Å²) in [5, 5.41) is 3.47. The molecule has 3 saturated heterocycles. The molecule has 0 aromatic rings. The van der Waals surface area contributed by atoms with E-state index in [9.17, 15) is 0 Å². The molecule has 1 unspecified atom stereocenters. The summed E-state index contributed by atoms with van der Waals surface area (Å²) < 4.78 is 17.3. The Kier molecular flexibility index (Phi) is 9.83. The fourth-order valence-electron chi connectivity index (χ4n) is 4.15. The molecule has 0 amide bonds. The topological polar surface area (TPSA) is 58.6 Å². The zero-order chi connectivity index (χ0) is 19.4. The highest BCUT2D eigenvalue weighted by molar-refractivity contribution is 5.80. The Bertz CT molecular complexity index is 443. The van der Waals surface area contributed by atoms with E-state index < -0.39 is 0 Å². The van der Waals surface area contributed by atoms with Crippen LogP contribution in [0.25, 0.3) is 0 Å². The second kappa shape index (κ2) is 12.6. The van der Waals surface area contributed by atoms with Gasteiger partial charge >= 0.3 is 0 Å². The van der Waals surface area contributed by atoms with Gasteiger partial charge < -0.3 is 24.4 Å². The quantitative estimate of drug-likeness (QED) is 0.383. The normalized spacial score (nSPS) is 25.8. The predicted molar refractivity (Wildman–Crippen MR) is 112 cm³/mol. The minimum atomic E-state index is 0.317. The van der Waals surface area contributed by atoms with E-state index in [1.165, 1.54) is 12.8 Å². The number of hydrogen-bond donors (Lipinski definition) is 1. The number of hydrogen-bond acceptors (Lipinski definition) is 5. The number of aliphatic imine (C=N–C) groups is 1. The molecule has 0 spiro atoms. The first-order chi connectivity index (χ1) is 13.8. The van der Waals surface area contributed by atoms with Crippen LogP contribution in [0.3, 0.4) is 0 Å². The van der Waals surface area contributed by atoms with E-state index in [-0.39, 0.29) is 0 Å². The van der Waals surface area contributed by atoms with Crippen LogP contribution in [0, 0.1) is 0 Å². The van der Waals surface area contributed by atoms with Crippen LogP contribution in [0.15, 0.2) is 4.99 Å². The summed E-state index contributed by atoms with van der Waals surface area (Å²) in [7, 11) is 0. The van der Waals surface area contributed by atoms with Gasteiger partial charge in [-0.2, -0.15) is 0 Å². The maximum Gasteiger partial charge on any atom is 0.193 e. The van der Waals surface area contributed by atoms with Gasteiger partial charge in [0.15, 0.2) is 5.96 Å². The second-order valence-electron chi connectivity index (χ2n) is 8.05. The Morgan fingerprint density at radius 3 is 2.61 bits per heavy atom. The van der Waals surface area contributed by atoms with Crippen LogP contribution in [-0.4, -0.2) is 100 Å². The first-order valence-electron chi connectivity index (χ1n) is 11.4. The minimum absolute atomic E-state index is 0.317. The number of nitrogens with zero attached hydrogens (tertiary/aromatic N) is 3. The van der Waals surface area contributed by atoms with E-state index in [2.05, 4.69) is 22.0 Å². The van der Waals surface area contributed by atoms with Crippen molar-refractivity contribution in [2.75, 3.05) is 72.2 Å². The zero-order valence-corrected chi connectivity index (χ0v) is 17.7. The molecule has 3 fully saturated rings. The minimum Gasteiger partial charge on any atom is -0.379 e. The number of piperidine rings is 1. The maximum atomic E-state index is 6.15. The lowest BCUT2D eigenvalue weighted by Gasteiger charge is -2.35. The van der Waals surface area contributed by atoms with Crippen molar-refractivity contribution >= 4 is 5.96 Å². The number of guanidine groups is 1. The highest BCUT2D eigenvalue weighted by Gasteiger charge is 2.23. The van der Waals surface area contributed by atoms with Gasteiger partial charge in [-0.3, -0.25) is 9.89 Å². The number of likely N-dealkylation sites (tertiary alicyclic amines) is 1. The number of nitrogens with one attached hydrogen (secondary N) is 1. The van der Waals surface area contributed by atoms with Crippen molar-refractivity contribution in [2.24, 2.45) is 4.99 Å². The molecule has 28 heavy (non-hydrogen) atoms. The Morgan fingerprint density at radius 2 is 1.89 bits per heavy atom. The van der Waals surface area contributed by atoms with Crippen LogP contribution in [-0.2, 0) is 14.2 Å². The molecule has 0 aromatic heterocycles. The largest absolute Gasteiger partial charge is 0.379 e. The predicted octanol–water partition coefficient (Wildman–Crippen LogP) is 1.72. The van der Waals surface area contributed by atoms with E-state index in [1.54, 1.807) is 0 Å². The van der Waals surface area contributed by atoms with Crippen molar-refractivity contribution < 1.29 is 14.2 Å². The van der Waals surface area contributed by atoms with Gasteiger partial charge in [0.1, 0.15) is 0 Å². The molecule has 7 heteroatoms. The van der Waals surface area contributed by atoms with Crippen LogP contribution >= 0.6 is 0 Å². The van der Waals surface area contributed by atoms with Gasteiger partial charge in [0, 0.05) is 52.4 Å². The average molecular weight is 397 g/mol. The molecule has 0 radical (unpaired) electrons. The molecule has 3 aliphatic heterocycles. The Labute approximate surface area is 170 Å². The van der Waals surface area contributed by atoms with E-state index >= 15 is 0 Å². The SMILES string of the molecule is CCNC(=NCCCN1CCOCC1)N1CCC(OCC2CCCCO2)CC1. The summed E-state index contributed by atoms with van der Waals surface area (Å²) in [5.41, 5.74) is 0. The maximum absolute atomic E-state index is 6.15. The van der Waals surface area contributed by atoms with Gasteiger partial charge in [-0.05, 0) is 45.4 Å². The lowest BCUT2D eigenvalue weighted by molar-refractivity contribution is -0.0721. The molecule has 1 atom stereocenters. The molecule has 3 aliphatic rings. The van der Waals surface area contributed by atoms with Gasteiger partial charge in [0.05, 0.1) is 32.0 Å². The van der Waals surface area contributed by atoms with Gasteiger partial charge in [0.25, 0.3) is 0 Å². The molecule has 3 heterocycles. The Hall–Kier alpha value is -0.890. The molecule has 0 aliphatic carbocycles. The van der Waals surface area contributed by atoms with Gasteiger partial charge in [0.2, 0.25) is 0 Å². The summed E-state index contributed by atoms with van der Waals surface area (Å²) in [6.07, 6.45) is 7.57. The van der Waals surface area contributed by atoms with E-state index in [0.717, 1.165) is 104 Å². The van der Waals surface area contributed by atoms with Crippen molar-refractivity contribution in [3.05, 3.63) is 0 Å². The molecule has 7 nitrogen and oxygen atoms in total. The lowest BCUT2D eigenvalue weighted by Crippen LogP contribution is -2.47. The summed E-state index contributed by atoms with van der Waals surface area (Å²) in [5.74, 6) is 1.07. The van der Waals surface area contributed by atoms with E-state index in [4.69, 9.17) is 19.2 Å². The zero-order valence-electron chi connectivity index (χ0n) is 17.7. The summed E-state index contributed by atoms with van der Waals surface area (Å²) in [6.45, 7) is 12.6. The average Bonchev–Trinajstić information content (AvgIpc) is 2.76.